The van der Waals surface area contributed by atoms with E-state index in [9.17, 15) is 9.59 Å². The van der Waals surface area contributed by atoms with Crippen LogP contribution >= 0.6 is 0 Å². The van der Waals surface area contributed by atoms with E-state index in [0.717, 1.165) is 11.1 Å². The normalized spacial score (nSPS) is 14.9. The van der Waals surface area contributed by atoms with Gasteiger partial charge in [0, 0.05) is 31.6 Å². The van der Waals surface area contributed by atoms with Crippen molar-refractivity contribution in [2.45, 2.75) is 33.2 Å². The van der Waals surface area contributed by atoms with Gasteiger partial charge >= 0.3 is 6.03 Å². The van der Waals surface area contributed by atoms with Gasteiger partial charge in [0.15, 0.2) is 5.82 Å². The number of carbonyl (C=O) groups is 2. The number of anilines is 1. The first kappa shape index (κ1) is 18.0. The highest BCUT2D eigenvalue weighted by Crippen LogP contribution is 2.19. The molecule has 1 saturated heterocycles. The number of nitrogens with zero attached hydrogens (tertiary/aromatic N) is 2. The summed E-state index contributed by atoms with van der Waals surface area (Å²) < 4.78 is 4.95. The van der Waals surface area contributed by atoms with E-state index in [-0.39, 0.29) is 17.9 Å². The maximum absolute atomic E-state index is 12.3. The summed E-state index contributed by atoms with van der Waals surface area (Å²) in [5.41, 5.74) is 2.27. The van der Waals surface area contributed by atoms with Crippen molar-refractivity contribution in [1.29, 1.82) is 0 Å². The lowest BCUT2D eigenvalue weighted by Gasteiger charge is -2.31. The summed E-state index contributed by atoms with van der Waals surface area (Å²) in [6.45, 7) is 5.45. The van der Waals surface area contributed by atoms with Crippen molar-refractivity contribution in [1.82, 2.24) is 15.4 Å². The van der Waals surface area contributed by atoms with Crippen LogP contribution in [0.1, 0.15) is 29.7 Å². The quantitative estimate of drug-likeness (QED) is 0.882. The number of nitrogens with one attached hydrogen (secondary N) is 2. The molecule has 3 amide bonds. The molecule has 2 heterocycles. The second-order valence-electron chi connectivity index (χ2n) is 6.66. The van der Waals surface area contributed by atoms with Crippen molar-refractivity contribution in [3.63, 3.8) is 0 Å². The molecule has 1 aliphatic heterocycles. The number of piperidine rings is 1. The molecule has 0 atom stereocenters. The Morgan fingerprint density at radius 1 is 1.23 bits per heavy atom. The van der Waals surface area contributed by atoms with Crippen molar-refractivity contribution < 1.29 is 14.1 Å². The SMILES string of the molecule is Cc1cc(NC(=O)C2CCN(C(=O)NCc3ccccc3C)CC2)no1. The third kappa shape index (κ3) is 4.41. The molecule has 2 N–H and O–H groups in total. The number of hydrogen-bond donors (Lipinski definition) is 2. The summed E-state index contributed by atoms with van der Waals surface area (Å²) in [4.78, 5) is 26.4. The Morgan fingerprint density at radius 3 is 2.62 bits per heavy atom. The average molecular weight is 356 g/mol. The molecule has 1 aliphatic rings. The van der Waals surface area contributed by atoms with E-state index in [1.807, 2.05) is 31.2 Å². The first-order valence-corrected chi connectivity index (χ1v) is 8.84. The van der Waals surface area contributed by atoms with Crippen molar-refractivity contribution >= 4 is 17.8 Å². The first-order valence-electron chi connectivity index (χ1n) is 8.84. The smallest absolute Gasteiger partial charge is 0.317 e. The van der Waals surface area contributed by atoms with E-state index < -0.39 is 0 Å². The molecule has 0 bridgehead atoms. The number of aromatic nitrogens is 1. The van der Waals surface area contributed by atoms with Gasteiger partial charge in [-0.25, -0.2) is 4.79 Å². The summed E-state index contributed by atoms with van der Waals surface area (Å²) in [6.07, 6.45) is 1.28. The molecule has 1 aromatic carbocycles. The van der Waals surface area contributed by atoms with Crippen LogP contribution in [0.25, 0.3) is 0 Å². The van der Waals surface area contributed by atoms with Crippen molar-refractivity contribution in [2.24, 2.45) is 5.92 Å². The molecule has 2 aromatic rings. The Morgan fingerprint density at radius 2 is 1.96 bits per heavy atom. The fraction of sp³-hybridized carbons (Fsp3) is 0.421. The van der Waals surface area contributed by atoms with Gasteiger partial charge in [-0.2, -0.15) is 0 Å². The highest BCUT2D eigenvalue weighted by molar-refractivity contribution is 5.91. The average Bonchev–Trinajstić information content (AvgIpc) is 3.05. The van der Waals surface area contributed by atoms with Gasteiger partial charge in [0.1, 0.15) is 5.76 Å². The number of hydrogen-bond acceptors (Lipinski definition) is 4. The van der Waals surface area contributed by atoms with Gasteiger partial charge in [-0.15, -0.1) is 0 Å². The molecule has 26 heavy (non-hydrogen) atoms. The summed E-state index contributed by atoms with van der Waals surface area (Å²) in [7, 11) is 0. The number of likely N-dealkylation sites (tertiary alicyclic amines) is 1. The number of amides is 3. The molecular formula is C19H24N4O3. The second kappa shape index (κ2) is 8.03. The van der Waals surface area contributed by atoms with Crippen LogP contribution in [0.2, 0.25) is 0 Å². The van der Waals surface area contributed by atoms with Gasteiger partial charge in [-0.1, -0.05) is 29.4 Å². The van der Waals surface area contributed by atoms with Gasteiger partial charge in [0.05, 0.1) is 0 Å². The Labute approximate surface area is 152 Å². The van der Waals surface area contributed by atoms with E-state index in [4.69, 9.17) is 4.52 Å². The molecule has 0 aliphatic carbocycles. The Balaban J connectivity index is 1.44. The first-order chi connectivity index (χ1) is 12.5. The minimum Gasteiger partial charge on any atom is -0.360 e. The number of carbonyl (C=O) groups excluding carboxylic acids is 2. The molecule has 1 aromatic heterocycles. The van der Waals surface area contributed by atoms with E-state index >= 15 is 0 Å². The zero-order chi connectivity index (χ0) is 18.5. The number of rotatable bonds is 4. The highest BCUT2D eigenvalue weighted by Gasteiger charge is 2.27. The summed E-state index contributed by atoms with van der Waals surface area (Å²) >= 11 is 0. The lowest BCUT2D eigenvalue weighted by atomic mass is 9.96. The van der Waals surface area contributed by atoms with Gasteiger partial charge in [0.25, 0.3) is 0 Å². The van der Waals surface area contributed by atoms with Gasteiger partial charge in [-0.05, 0) is 37.8 Å². The molecule has 1 fully saturated rings. The molecule has 0 unspecified atom stereocenters. The second-order valence-corrected chi connectivity index (χ2v) is 6.66. The lowest BCUT2D eigenvalue weighted by molar-refractivity contribution is -0.121. The predicted molar refractivity (Wildman–Crippen MR) is 97.6 cm³/mol. The molecule has 0 spiro atoms. The fourth-order valence-corrected chi connectivity index (χ4v) is 3.09. The molecule has 138 valence electrons. The molecule has 7 heteroatoms. The Hall–Kier alpha value is -2.83. The maximum Gasteiger partial charge on any atom is 0.317 e. The molecular weight excluding hydrogens is 332 g/mol. The maximum atomic E-state index is 12.3. The van der Waals surface area contributed by atoms with Crippen LogP contribution in [0.3, 0.4) is 0 Å². The van der Waals surface area contributed by atoms with Gasteiger partial charge in [0.2, 0.25) is 5.91 Å². The molecule has 0 saturated carbocycles. The van der Waals surface area contributed by atoms with E-state index in [0.29, 0.717) is 44.1 Å². The minimum atomic E-state index is -0.118. The zero-order valence-corrected chi connectivity index (χ0v) is 15.1. The molecule has 3 rings (SSSR count). The number of aryl methyl sites for hydroxylation is 2. The van der Waals surface area contributed by atoms with Crippen LogP contribution in [-0.4, -0.2) is 35.1 Å². The summed E-state index contributed by atoms with van der Waals surface area (Å²) in [6, 6.07) is 9.59. The Bertz CT molecular complexity index is 779. The minimum absolute atomic E-state index is 0.0710. The van der Waals surface area contributed by atoms with Crippen molar-refractivity contribution in [3.05, 3.63) is 47.2 Å². The van der Waals surface area contributed by atoms with Crippen LogP contribution in [0.15, 0.2) is 34.9 Å². The zero-order valence-electron chi connectivity index (χ0n) is 15.1. The number of urea groups is 1. The van der Waals surface area contributed by atoms with E-state index in [1.54, 1.807) is 17.9 Å². The van der Waals surface area contributed by atoms with Crippen LogP contribution in [0, 0.1) is 19.8 Å². The van der Waals surface area contributed by atoms with Crippen molar-refractivity contribution in [2.75, 3.05) is 18.4 Å². The highest BCUT2D eigenvalue weighted by atomic mass is 16.5. The third-order valence-electron chi connectivity index (χ3n) is 4.72. The molecule has 0 radical (unpaired) electrons. The largest absolute Gasteiger partial charge is 0.360 e. The topological polar surface area (TPSA) is 87.5 Å². The van der Waals surface area contributed by atoms with Crippen LogP contribution in [0.5, 0.6) is 0 Å². The Kier molecular flexibility index (Phi) is 5.55. The summed E-state index contributed by atoms with van der Waals surface area (Å²) in [5.74, 6) is 0.900. The van der Waals surface area contributed by atoms with Crippen molar-refractivity contribution in [3.8, 4) is 0 Å². The monoisotopic (exact) mass is 356 g/mol. The summed E-state index contributed by atoms with van der Waals surface area (Å²) in [5, 5.41) is 9.50. The van der Waals surface area contributed by atoms with Crippen LogP contribution in [0.4, 0.5) is 10.6 Å². The molecule has 7 nitrogen and oxygen atoms in total. The van der Waals surface area contributed by atoms with E-state index in [2.05, 4.69) is 15.8 Å². The van der Waals surface area contributed by atoms with Crippen LogP contribution < -0.4 is 10.6 Å². The van der Waals surface area contributed by atoms with Crippen LogP contribution in [-0.2, 0) is 11.3 Å². The van der Waals surface area contributed by atoms with Gasteiger partial charge in [-0.3, -0.25) is 4.79 Å². The van der Waals surface area contributed by atoms with Gasteiger partial charge < -0.3 is 20.1 Å². The lowest BCUT2D eigenvalue weighted by Crippen LogP contribution is -2.45. The standard InChI is InChI=1S/C19H24N4O3/c1-13-5-3-4-6-16(13)12-20-19(25)23-9-7-15(8-10-23)18(24)21-17-11-14(2)26-22-17/h3-6,11,15H,7-10,12H2,1-2H3,(H,20,25)(H,21,22,24). The predicted octanol–water partition coefficient (Wildman–Crippen LogP) is 2.85. The number of benzene rings is 1. The third-order valence-corrected chi connectivity index (χ3v) is 4.72. The van der Waals surface area contributed by atoms with E-state index in [1.165, 1.54) is 0 Å². The fourth-order valence-electron chi connectivity index (χ4n) is 3.09.